The lowest BCUT2D eigenvalue weighted by Crippen LogP contribution is -2.30. The molecule has 3 aromatic carbocycles. The van der Waals surface area contributed by atoms with E-state index in [9.17, 15) is 14.4 Å². The molecule has 0 aliphatic rings. The van der Waals surface area contributed by atoms with Crippen molar-refractivity contribution in [2.24, 2.45) is 0 Å². The van der Waals surface area contributed by atoms with Crippen molar-refractivity contribution in [3.8, 4) is 11.3 Å². The summed E-state index contributed by atoms with van der Waals surface area (Å²) < 4.78 is 6.92. The van der Waals surface area contributed by atoms with E-state index in [-0.39, 0.29) is 16.9 Å². The van der Waals surface area contributed by atoms with Crippen LogP contribution in [0.1, 0.15) is 23.0 Å². The van der Waals surface area contributed by atoms with E-state index in [0.717, 1.165) is 14.9 Å². The fraction of sp³-hybridized carbons (Fsp3) is 0.0625. The third kappa shape index (κ3) is 8.31. The summed E-state index contributed by atoms with van der Waals surface area (Å²) in [6.45, 7) is 1.81. The van der Waals surface area contributed by atoms with E-state index in [1.165, 1.54) is 29.2 Å². The van der Waals surface area contributed by atoms with E-state index in [1.807, 2.05) is 49.4 Å². The first-order valence-corrected chi connectivity index (χ1v) is 15.6. The van der Waals surface area contributed by atoms with Crippen LogP contribution in [0.2, 0.25) is 0 Å². The maximum atomic E-state index is 13.4. The summed E-state index contributed by atoms with van der Waals surface area (Å²) in [5, 5.41) is 10.3. The van der Waals surface area contributed by atoms with Crippen molar-refractivity contribution in [2.75, 3.05) is 10.6 Å². The molecular weight excluding hydrogens is 648 g/mol. The number of carbonyl (C=O) groups is 3. The lowest BCUT2D eigenvalue weighted by atomic mass is 10.2. The van der Waals surface area contributed by atoms with Gasteiger partial charge in [-0.05, 0) is 67.6 Å². The van der Waals surface area contributed by atoms with Crippen LogP contribution < -0.4 is 16.0 Å². The molecule has 11 heteroatoms. The molecule has 1 atom stereocenters. The number of nitrogens with one attached hydrogen (secondary N) is 3. The molecular formula is C32H25BrN4O4S2. The molecule has 0 saturated carbocycles. The summed E-state index contributed by atoms with van der Waals surface area (Å²) in [7, 11) is 0. The quantitative estimate of drug-likeness (QED) is 0.104. The van der Waals surface area contributed by atoms with Crippen molar-refractivity contribution in [3.05, 3.63) is 124 Å². The van der Waals surface area contributed by atoms with Crippen molar-refractivity contribution >= 4 is 73.6 Å². The fourth-order valence-electron chi connectivity index (χ4n) is 3.85. The number of halogens is 1. The van der Waals surface area contributed by atoms with E-state index in [1.54, 1.807) is 60.1 Å². The summed E-state index contributed by atoms with van der Waals surface area (Å²) in [5.41, 5.74) is 1.81. The maximum Gasteiger partial charge on any atom is 0.272 e. The fourth-order valence-corrected chi connectivity index (χ4v) is 5.51. The highest BCUT2D eigenvalue weighted by Crippen LogP contribution is 2.27. The second kappa shape index (κ2) is 14.1. The molecule has 0 saturated heterocycles. The van der Waals surface area contributed by atoms with Crippen LogP contribution >= 0.6 is 39.0 Å². The predicted octanol–water partition coefficient (Wildman–Crippen LogP) is 7.69. The maximum absolute atomic E-state index is 13.4. The summed E-state index contributed by atoms with van der Waals surface area (Å²) >= 11 is 6.17. The Morgan fingerprint density at radius 2 is 1.67 bits per heavy atom. The summed E-state index contributed by atoms with van der Waals surface area (Å²) in [5.74, 6) is -0.0906. The Bertz CT molecular complexity index is 1740. The number of nitrogens with zero attached hydrogens (tertiary/aromatic N) is 1. The Labute approximate surface area is 264 Å². The van der Waals surface area contributed by atoms with Crippen molar-refractivity contribution in [3.63, 3.8) is 0 Å². The van der Waals surface area contributed by atoms with Crippen LogP contribution in [0.5, 0.6) is 0 Å². The number of benzene rings is 3. The summed E-state index contributed by atoms with van der Waals surface area (Å²) in [4.78, 5) is 43.7. The van der Waals surface area contributed by atoms with Gasteiger partial charge in [-0.1, -0.05) is 46.3 Å². The van der Waals surface area contributed by atoms with E-state index in [0.29, 0.717) is 27.9 Å². The first kappa shape index (κ1) is 30.0. The van der Waals surface area contributed by atoms with Gasteiger partial charge in [-0.2, -0.15) is 0 Å². The number of amides is 3. The minimum Gasteiger partial charge on any atom is -0.457 e. The van der Waals surface area contributed by atoms with Gasteiger partial charge in [0, 0.05) is 43.8 Å². The molecule has 0 radical (unpaired) electrons. The van der Waals surface area contributed by atoms with Gasteiger partial charge < -0.3 is 20.4 Å². The van der Waals surface area contributed by atoms with Crippen LogP contribution in [0, 0.1) is 0 Å². The highest BCUT2D eigenvalue weighted by Gasteiger charge is 2.18. The first-order valence-electron chi connectivity index (χ1n) is 13.1. The van der Waals surface area contributed by atoms with Gasteiger partial charge in [-0.15, -0.1) is 23.1 Å². The number of hydrogen-bond donors (Lipinski definition) is 3. The molecule has 2 heterocycles. The van der Waals surface area contributed by atoms with Gasteiger partial charge in [-0.3, -0.25) is 14.4 Å². The lowest BCUT2D eigenvalue weighted by Gasteiger charge is -2.13. The van der Waals surface area contributed by atoms with Gasteiger partial charge in [0.25, 0.3) is 11.8 Å². The number of hydrogen-bond acceptors (Lipinski definition) is 7. The standard InChI is InChI=1S/C32H25BrN4O4S2/c1-20(29(38)37-32-34-17-18-42-32)43-26-14-11-24(12-15-26)35-31(40)27(36-30(39)22-5-3-2-4-6-22)19-25-13-16-28(41-25)21-7-9-23(33)10-8-21/h2-20H,1H3,(H,35,40)(H,36,39)(H,34,37,38)/b27-19-/t20-/m1/s1. The van der Waals surface area contributed by atoms with Crippen molar-refractivity contribution in [1.82, 2.24) is 10.3 Å². The number of carbonyl (C=O) groups excluding carboxylic acids is 3. The van der Waals surface area contributed by atoms with E-state index in [2.05, 4.69) is 36.9 Å². The molecule has 5 aromatic rings. The number of aromatic nitrogens is 1. The van der Waals surface area contributed by atoms with Crippen LogP contribution in [0.4, 0.5) is 10.8 Å². The van der Waals surface area contributed by atoms with Crippen LogP contribution in [-0.4, -0.2) is 28.0 Å². The molecule has 0 bridgehead atoms. The Morgan fingerprint density at radius 1 is 0.930 bits per heavy atom. The summed E-state index contributed by atoms with van der Waals surface area (Å²) in [6, 6.07) is 26.9. The Kier molecular flexibility index (Phi) is 9.88. The van der Waals surface area contributed by atoms with E-state index >= 15 is 0 Å². The number of thioether (sulfide) groups is 1. The normalized spacial score (nSPS) is 11.9. The zero-order chi connectivity index (χ0) is 30.2. The van der Waals surface area contributed by atoms with E-state index in [4.69, 9.17) is 4.42 Å². The van der Waals surface area contributed by atoms with Crippen LogP contribution in [0.25, 0.3) is 17.4 Å². The Morgan fingerprint density at radius 3 is 2.37 bits per heavy atom. The van der Waals surface area contributed by atoms with Crippen molar-refractivity contribution in [1.29, 1.82) is 0 Å². The molecule has 0 fully saturated rings. The zero-order valence-electron chi connectivity index (χ0n) is 22.7. The highest BCUT2D eigenvalue weighted by molar-refractivity contribution is 9.10. The SMILES string of the molecule is C[C@@H](Sc1ccc(NC(=O)/C(=C/c2ccc(-c3ccc(Br)cc3)o2)NC(=O)c2ccccc2)cc1)C(=O)Nc1nccs1. The molecule has 2 aromatic heterocycles. The number of thiazole rings is 1. The first-order chi connectivity index (χ1) is 20.8. The van der Waals surface area contributed by atoms with Gasteiger partial charge in [0.1, 0.15) is 17.2 Å². The average molecular weight is 674 g/mol. The van der Waals surface area contributed by atoms with Gasteiger partial charge in [0.05, 0.1) is 5.25 Å². The van der Waals surface area contributed by atoms with Crippen molar-refractivity contribution < 1.29 is 18.8 Å². The number of anilines is 2. The minimum atomic E-state index is -0.525. The van der Waals surface area contributed by atoms with Crippen molar-refractivity contribution in [2.45, 2.75) is 17.1 Å². The molecule has 0 spiro atoms. The molecule has 216 valence electrons. The molecule has 8 nitrogen and oxygen atoms in total. The third-order valence-corrected chi connectivity index (χ3v) is 8.36. The smallest absolute Gasteiger partial charge is 0.272 e. The second-order valence-corrected chi connectivity index (χ2v) is 12.4. The average Bonchev–Trinajstić information content (AvgIpc) is 3.71. The predicted molar refractivity (Wildman–Crippen MR) is 175 cm³/mol. The molecule has 0 aliphatic heterocycles. The Balaban J connectivity index is 1.30. The second-order valence-electron chi connectivity index (χ2n) is 9.15. The van der Waals surface area contributed by atoms with Crippen LogP contribution in [-0.2, 0) is 9.59 Å². The van der Waals surface area contributed by atoms with Gasteiger partial charge in [-0.25, -0.2) is 4.98 Å². The zero-order valence-corrected chi connectivity index (χ0v) is 26.0. The van der Waals surface area contributed by atoms with Gasteiger partial charge in [0.15, 0.2) is 5.13 Å². The highest BCUT2D eigenvalue weighted by atomic mass is 79.9. The molecule has 43 heavy (non-hydrogen) atoms. The Hall–Kier alpha value is -4.45. The van der Waals surface area contributed by atoms with Crippen LogP contribution in [0.3, 0.4) is 0 Å². The molecule has 5 rings (SSSR count). The third-order valence-electron chi connectivity index (χ3n) is 6.03. The minimum absolute atomic E-state index is 0.0106. The molecule has 0 aliphatic carbocycles. The molecule has 0 unspecified atom stereocenters. The van der Waals surface area contributed by atoms with Crippen LogP contribution in [0.15, 0.2) is 122 Å². The largest absolute Gasteiger partial charge is 0.457 e. The molecule has 3 N–H and O–H groups in total. The topological polar surface area (TPSA) is 113 Å². The lowest BCUT2D eigenvalue weighted by molar-refractivity contribution is -0.115. The summed E-state index contributed by atoms with van der Waals surface area (Å²) in [6.07, 6.45) is 3.13. The monoisotopic (exact) mass is 672 g/mol. The van der Waals surface area contributed by atoms with E-state index < -0.39 is 11.8 Å². The number of rotatable bonds is 10. The van der Waals surface area contributed by atoms with Gasteiger partial charge in [0.2, 0.25) is 5.91 Å². The number of furan rings is 1. The molecule has 3 amide bonds. The van der Waals surface area contributed by atoms with Gasteiger partial charge >= 0.3 is 0 Å².